The van der Waals surface area contributed by atoms with Crippen LogP contribution in [-0.4, -0.2) is 38.6 Å². The monoisotopic (exact) mass is 265 g/mol. The Bertz CT molecular complexity index is 441. The summed E-state index contributed by atoms with van der Waals surface area (Å²) in [6.07, 6.45) is 7.17. The zero-order valence-corrected chi connectivity index (χ0v) is 11.5. The average Bonchev–Trinajstić information content (AvgIpc) is 3.08. The van der Waals surface area contributed by atoms with Crippen molar-refractivity contribution in [3.05, 3.63) is 18.0 Å². The zero-order chi connectivity index (χ0) is 12.5. The van der Waals surface area contributed by atoms with Crippen LogP contribution in [0.2, 0.25) is 0 Å². The molecular weight excluding hydrogens is 246 g/mol. The fraction of sp³-hybridized carbons (Fsp3) is 0.692. The number of aromatic nitrogens is 2. The summed E-state index contributed by atoms with van der Waals surface area (Å²) in [6, 6.07) is 0.226. The van der Waals surface area contributed by atoms with Crippen LogP contribution < -0.4 is 0 Å². The highest BCUT2D eigenvalue weighted by atomic mass is 32.2. The molecule has 0 radical (unpaired) electrons. The van der Waals surface area contributed by atoms with E-state index in [1.54, 1.807) is 0 Å². The van der Waals surface area contributed by atoms with Crippen molar-refractivity contribution in [2.75, 3.05) is 18.1 Å². The third-order valence-electron chi connectivity index (χ3n) is 3.72. The standard InChI is InChI=1S/C13H19N3OS/c1-15-8-11(7-14-15)12-9-18-5-4-16(12)13(17)6-10-2-3-10/h7-8,10,12H,2-6,9H2,1H3. The zero-order valence-electron chi connectivity index (χ0n) is 10.7. The van der Waals surface area contributed by atoms with Gasteiger partial charge in [-0.05, 0) is 18.8 Å². The first kappa shape index (κ1) is 12.1. The van der Waals surface area contributed by atoms with Crippen molar-refractivity contribution in [2.24, 2.45) is 13.0 Å². The molecule has 4 nitrogen and oxygen atoms in total. The van der Waals surface area contributed by atoms with Crippen LogP contribution in [0.4, 0.5) is 0 Å². The van der Waals surface area contributed by atoms with E-state index < -0.39 is 0 Å². The Balaban J connectivity index is 1.74. The summed E-state index contributed by atoms with van der Waals surface area (Å²) in [6.45, 7) is 0.885. The van der Waals surface area contributed by atoms with Gasteiger partial charge in [-0.2, -0.15) is 16.9 Å². The van der Waals surface area contributed by atoms with Gasteiger partial charge in [0, 0.05) is 43.3 Å². The van der Waals surface area contributed by atoms with E-state index in [1.807, 2.05) is 35.9 Å². The second-order valence-electron chi connectivity index (χ2n) is 5.27. The lowest BCUT2D eigenvalue weighted by Gasteiger charge is -2.35. The number of carbonyl (C=O) groups excluding carboxylic acids is 1. The molecule has 1 unspecified atom stereocenters. The van der Waals surface area contributed by atoms with E-state index in [9.17, 15) is 4.79 Å². The first-order valence-corrected chi connectivity index (χ1v) is 7.75. The highest BCUT2D eigenvalue weighted by molar-refractivity contribution is 7.99. The first-order chi connectivity index (χ1) is 8.74. The number of rotatable bonds is 3. The van der Waals surface area contributed by atoms with E-state index in [-0.39, 0.29) is 6.04 Å². The predicted octanol–water partition coefficient (Wildman–Crippen LogP) is 1.84. The van der Waals surface area contributed by atoms with Crippen molar-refractivity contribution in [1.82, 2.24) is 14.7 Å². The minimum atomic E-state index is 0.226. The number of hydrogen-bond donors (Lipinski definition) is 0. The lowest BCUT2D eigenvalue weighted by atomic mass is 10.1. The molecular formula is C13H19N3OS. The Hall–Kier alpha value is -0.970. The van der Waals surface area contributed by atoms with Crippen molar-refractivity contribution in [1.29, 1.82) is 0 Å². The van der Waals surface area contributed by atoms with E-state index in [2.05, 4.69) is 10.00 Å². The van der Waals surface area contributed by atoms with Gasteiger partial charge in [0.15, 0.2) is 0 Å². The molecule has 0 spiro atoms. The Morgan fingerprint density at radius 1 is 1.56 bits per heavy atom. The maximum Gasteiger partial charge on any atom is 0.223 e. The summed E-state index contributed by atoms with van der Waals surface area (Å²) < 4.78 is 1.82. The van der Waals surface area contributed by atoms with E-state index >= 15 is 0 Å². The first-order valence-electron chi connectivity index (χ1n) is 6.60. The third kappa shape index (κ3) is 2.55. The summed E-state index contributed by atoms with van der Waals surface area (Å²) in [4.78, 5) is 14.4. The number of aryl methyl sites for hydroxylation is 1. The van der Waals surface area contributed by atoms with Gasteiger partial charge in [-0.1, -0.05) is 0 Å². The second-order valence-corrected chi connectivity index (χ2v) is 6.42. The molecule has 3 rings (SSSR count). The minimum Gasteiger partial charge on any atom is -0.334 e. The third-order valence-corrected chi connectivity index (χ3v) is 4.74. The maximum absolute atomic E-state index is 12.3. The molecule has 1 aromatic rings. The number of amides is 1. The molecule has 1 saturated carbocycles. The fourth-order valence-electron chi connectivity index (χ4n) is 2.48. The fourth-order valence-corrected chi connectivity index (χ4v) is 3.56. The highest BCUT2D eigenvalue weighted by Gasteiger charge is 2.32. The summed E-state index contributed by atoms with van der Waals surface area (Å²) in [7, 11) is 1.93. The van der Waals surface area contributed by atoms with E-state index in [0.29, 0.717) is 11.8 Å². The molecule has 5 heteroatoms. The van der Waals surface area contributed by atoms with Gasteiger partial charge in [0.2, 0.25) is 5.91 Å². The predicted molar refractivity (Wildman–Crippen MR) is 72.3 cm³/mol. The number of thioether (sulfide) groups is 1. The summed E-state index contributed by atoms with van der Waals surface area (Å²) >= 11 is 1.93. The van der Waals surface area contributed by atoms with Gasteiger partial charge in [0.05, 0.1) is 12.2 Å². The molecule has 0 bridgehead atoms. The van der Waals surface area contributed by atoms with Crippen molar-refractivity contribution < 1.29 is 4.79 Å². The van der Waals surface area contributed by atoms with Gasteiger partial charge >= 0.3 is 0 Å². The van der Waals surface area contributed by atoms with Crippen LogP contribution in [0.5, 0.6) is 0 Å². The number of carbonyl (C=O) groups is 1. The molecule has 0 N–H and O–H groups in total. The van der Waals surface area contributed by atoms with Crippen molar-refractivity contribution in [3.63, 3.8) is 0 Å². The van der Waals surface area contributed by atoms with Gasteiger partial charge in [-0.15, -0.1) is 0 Å². The molecule has 2 heterocycles. The molecule has 98 valence electrons. The molecule has 2 fully saturated rings. The van der Waals surface area contributed by atoms with Crippen LogP contribution in [-0.2, 0) is 11.8 Å². The van der Waals surface area contributed by atoms with Crippen LogP contribution in [0.25, 0.3) is 0 Å². The Labute approximate surface area is 112 Å². The molecule has 1 atom stereocenters. The molecule has 1 aliphatic heterocycles. The average molecular weight is 265 g/mol. The Kier molecular flexibility index (Phi) is 3.33. The van der Waals surface area contributed by atoms with Gasteiger partial charge in [0.25, 0.3) is 0 Å². The van der Waals surface area contributed by atoms with E-state index in [4.69, 9.17) is 0 Å². The molecule has 0 aromatic carbocycles. The van der Waals surface area contributed by atoms with Crippen molar-refractivity contribution >= 4 is 17.7 Å². The molecule has 1 aromatic heterocycles. The Morgan fingerprint density at radius 2 is 2.39 bits per heavy atom. The second kappa shape index (κ2) is 4.96. The number of hydrogen-bond acceptors (Lipinski definition) is 3. The number of nitrogens with zero attached hydrogens (tertiary/aromatic N) is 3. The summed E-state index contributed by atoms with van der Waals surface area (Å²) in [5, 5.41) is 4.23. The lowest BCUT2D eigenvalue weighted by Crippen LogP contribution is -2.40. The van der Waals surface area contributed by atoms with Crippen LogP contribution in [0.1, 0.15) is 30.9 Å². The molecule has 1 saturated heterocycles. The Morgan fingerprint density at radius 3 is 3.06 bits per heavy atom. The molecule has 2 aliphatic rings. The summed E-state index contributed by atoms with van der Waals surface area (Å²) in [5.74, 6) is 3.07. The van der Waals surface area contributed by atoms with Gasteiger partial charge in [-0.25, -0.2) is 0 Å². The smallest absolute Gasteiger partial charge is 0.223 e. The van der Waals surface area contributed by atoms with Crippen molar-refractivity contribution in [3.8, 4) is 0 Å². The SMILES string of the molecule is Cn1cc(C2CSCCN2C(=O)CC2CC2)cn1. The van der Waals surface area contributed by atoms with Gasteiger partial charge in [-0.3, -0.25) is 9.48 Å². The van der Waals surface area contributed by atoms with Crippen molar-refractivity contribution in [2.45, 2.75) is 25.3 Å². The topological polar surface area (TPSA) is 38.1 Å². The van der Waals surface area contributed by atoms with Crippen LogP contribution in [0.15, 0.2) is 12.4 Å². The molecule has 1 aliphatic carbocycles. The summed E-state index contributed by atoms with van der Waals surface area (Å²) in [5.41, 5.74) is 1.17. The van der Waals surface area contributed by atoms with Crippen LogP contribution in [0, 0.1) is 5.92 Å². The largest absolute Gasteiger partial charge is 0.334 e. The lowest BCUT2D eigenvalue weighted by molar-refractivity contribution is -0.133. The quantitative estimate of drug-likeness (QED) is 0.837. The van der Waals surface area contributed by atoms with Crippen LogP contribution in [0.3, 0.4) is 0 Å². The van der Waals surface area contributed by atoms with E-state index in [0.717, 1.165) is 24.5 Å². The normalized spacial score (nSPS) is 24.3. The molecule has 18 heavy (non-hydrogen) atoms. The van der Waals surface area contributed by atoms with Gasteiger partial charge in [0.1, 0.15) is 0 Å². The maximum atomic E-state index is 12.3. The van der Waals surface area contributed by atoms with Crippen LogP contribution >= 0.6 is 11.8 Å². The van der Waals surface area contributed by atoms with E-state index in [1.165, 1.54) is 18.4 Å². The highest BCUT2D eigenvalue weighted by Crippen LogP contribution is 2.36. The minimum absolute atomic E-state index is 0.226. The molecule has 1 amide bonds. The van der Waals surface area contributed by atoms with Gasteiger partial charge < -0.3 is 4.90 Å².